The topological polar surface area (TPSA) is 32.7 Å². The second-order valence-electron chi connectivity index (χ2n) is 8.22. The maximum Gasteiger partial charge on any atom is 0.124 e. The number of nitrogens with zero attached hydrogens (tertiary/aromatic N) is 1. The van der Waals surface area contributed by atoms with Gasteiger partial charge in [-0.3, -0.25) is 4.90 Å². The van der Waals surface area contributed by atoms with Crippen molar-refractivity contribution in [3.8, 4) is 5.75 Å². The molecule has 1 saturated carbocycles. The fourth-order valence-corrected chi connectivity index (χ4v) is 5.21. The van der Waals surface area contributed by atoms with E-state index in [2.05, 4.69) is 17.0 Å². The van der Waals surface area contributed by atoms with Gasteiger partial charge in [-0.1, -0.05) is 43.2 Å². The lowest BCUT2D eigenvalue weighted by atomic mass is 9.66. The first kappa shape index (κ1) is 19.4. The van der Waals surface area contributed by atoms with Crippen LogP contribution in [0.2, 0.25) is 0 Å². The van der Waals surface area contributed by atoms with Crippen molar-refractivity contribution in [1.29, 1.82) is 0 Å². The van der Waals surface area contributed by atoms with Gasteiger partial charge in [-0.05, 0) is 49.9 Å². The molecule has 28 heavy (non-hydrogen) atoms. The van der Waals surface area contributed by atoms with Crippen molar-refractivity contribution in [1.82, 2.24) is 4.90 Å². The highest BCUT2D eigenvalue weighted by atomic mass is 19.1. The minimum atomic E-state index is -0.610. The van der Waals surface area contributed by atoms with Crippen LogP contribution in [0.25, 0.3) is 0 Å². The Morgan fingerprint density at radius 2 is 2.00 bits per heavy atom. The largest absolute Gasteiger partial charge is 0.494 e. The summed E-state index contributed by atoms with van der Waals surface area (Å²) in [6.45, 7) is 4.09. The number of piperidine rings is 1. The second kappa shape index (κ2) is 8.22. The van der Waals surface area contributed by atoms with Crippen LogP contribution in [0.15, 0.2) is 48.5 Å². The van der Waals surface area contributed by atoms with E-state index in [-0.39, 0.29) is 17.8 Å². The zero-order chi connectivity index (χ0) is 19.6. The Balaban J connectivity index is 1.72. The van der Waals surface area contributed by atoms with Gasteiger partial charge in [0, 0.05) is 30.6 Å². The quantitative estimate of drug-likeness (QED) is 0.780. The molecule has 2 aromatic rings. The Labute approximate surface area is 167 Å². The SMILES string of the molecule is CCOc1ccccc1[C@H]1[C@@H]2CCCC[C@@]2(O)CCN1Cc1cccc(F)c1. The first-order chi connectivity index (χ1) is 13.6. The van der Waals surface area contributed by atoms with Crippen molar-refractivity contribution in [3.63, 3.8) is 0 Å². The van der Waals surface area contributed by atoms with Crippen molar-refractivity contribution >= 4 is 0 Å². The van der Waals surface area contributed by atoms with Crippen LogP contribution < -0.4 is 4.74 Å². The summed E-state index contributed by atoms with van der Waals surface area (Å²) in [6.07, 6.45) is 4.91. The second-order valence-corrected chi connectivity index (χ2v) is 8.22. The first-order valence-corrected chi connectivity index (χ1v) is 10.5. The lowest BCUT2D eigenvalue weighted by molar-refractivity contribution is -0.126. The van der Waals surface area contributed by atoms with E-state index in [1.807, 2.05) is 25.1 Å². The third kappa shape index (κ3) is 3.81. The molecule has 0 amide bonds. The van der Waals surface area contributed by atoms with Gasteiger partial charge in [0.15, 0.2) is 0 Å². The highest BCUT2D eigenvalue weighted by molar-refractivity contribution is 5.37. The monoisotopic (exact) mass is 383 g/mol. The lowest BCUT2D eigenvalue weighted by Gasteiger charge is -2.53. The molecule has 0 bridgehead atoms. The zero-order valence-electron chi connectivity index (χ0n) is 16.6. The predicted octanol–water partition coefficient (Wildman–Crippen LogP) is 5.09. The standard InChI is InChI=1S/C24H30FNO2/c1-2-28-22-12-4-3-10-20(22)23-21-11-5-6-13-24(21,27)14-15-26(23)17-18-8-7-9-19(25)16-18/h3-4,7-10,12,16,21,23,27H,2,5-6,11,13-15,17H2,1H3/t21-,23-,24+/m0/s1. The molecule has 0 spiro atoms. The van der Waals surface area contributed by atoms with Crippen molar-refractivity contribution in [2.24, 2.45) is 5.92 Å². The van der Waals surface area contributed by atoms with Crippen LogP contribution in [0.5, 0.6) is 5.75 Å². The van der Waals surface area contributed by atoms with E-state index in [1.54, 1.807) is 12.1 Å². The van der Waals surface area contributed by atoms with E-state index in [0.29, 0.717) is 13.2 Å². The Bertz CT molecular complexity index is 811. The molecule has 2 fully saturated rings. The van der Waals surface area contributed by atoms with Gasteiger partial charge < -0.3 is 9.84 Å². The van der Waals surface area contributed by atoms with Crippen molar-refractivity contribution in [3.05, 3.63) is 65.5 Å². The molecule has 0 radical (unpaired) electrons. The number of para-hydroxylation sites is 1. The highest BCUT2D eigenvalue weighted by Crippen LogP contribution is 2.51. The molecule has 1 N–H and O–H groups in total. The van der Waals surface area contributed by atoms with Gasteiger partial charge in [0.1, 0.15) is 11.6 Å². The van der Waals surface area contributed by atoms with Crippen molar-refractivity contribution in [2.75, 3.05) is 13.2 Å². The number of aliphatic hydroxyl groups is 1. The summed E-state index contributed by atoms with van der Waals surface area (Å²) in [6, 6.07) is 15.1. The molecule has 2 aromatic carbocycles. The molecular formula is C24H30FNO2. The molecule has 2 aliphatic rings. The molecule has 1 aliphatic heterocycles. The molecule has 1 saturated heterocycles. The summed E-state index contributed by atoms with van der Waals surface area (Å²) in [5.74, 6) is 0.870. The number of benzene rings is 2. The van der Waals surface area contributed by atoms with Crippen LogP contribution in [-0.4, -0.2) is 28.8 Å². The van der Waals surface area contributed by atoms with Gasteiger partial charge in [-0.2, -0.15) is 0 Å². The van der Waals surface area contributed by atoms with E-state index in [4.69, 9.17) is 4.74 Å². The molecule has 4 heteroatoms. The van der Waals surface area contributed by atoms with Gasteiger partial charge in [-0.15, -0.1) is 0 Å². The Morgan fingerprint density at radius 3 is 2.82 bits per heavy atom. The molecule has 3 atom stereocenters. The van der Waals surface area contributed by atoms with E-state index in [9.17, 15) is 9.50 Å². The summed E-state index contributed by atoms with van der Waals surface area (Å²) in [5.41, 5.74) is 1.51. The maximum atomic E-state index is 13.8. The van der Waals surface area contributed by atoms with Crippen LogP contribution in [0.4, 0.5) is 4.39 Å². The maximum absolute atomic E-state index is 13.8. The number of halogens is 1. The van der Waals surface area contributed by atoms with Gasteiger partial charge in [-0.25, -0.2) is 4.39 Å². The number of likely N-dealkylation sites (tertiary alicyclic amines) is 1. The summed E-state index contributed by atoms with van der Waals surface area (Å²) >= 11 is 0. The summed E-state index contributed by atoms with van der Waals surface area (Å²) in [7, 11) is 0. The number of ether oxygens (including phenoxy) is 1. The molecule has 0 unspecified atom stereocenters. The smallest absolute Gasteiger partial charge is 0.124 e. The lowest BCUT2D eigenvalue weighted by Crippen LogP contribution is -2.54. The van der Waals surface area contributed by atoms with E-state index in [0.717, 1.165) is 55.5 Å². The van der Waals surface area contributed by atoms with Gasteiger partial charge in [0.2, 0.25) is 0 Å². The van der Waals surface area contributed by atoms with E-state index in [1.165, 1.54) is 6.07 Å². The van der Waals surface area contributed by atoms with E-state index < -0.39 is 5.60 Å². The molecule has 4 rings (SSSR count). The Morgan fingerprint density at radius 1 is 1.14 bits per heavy atom. The third-order valence-corrected chi connectivity index (χ3v) is 6.48. The molecule has 1 aliphatic carbocycles. The Hall–Kier alpha value is -1.91. The number of hydrogen-bond acceptors (Lipinski definition) is 3. The van der Waals surface area contributed by atoms with Gasteiger partial charge in [0.25, 0.3) is 0 Å². The third-order valence-electron chi connectivity index (χ3n) is 6.48. The summed E-state index contributed by atoms with van der Waals surface area (Å²) < 4.78 is 19.7. The molecule has 1 heterocycles. The van der Waals surface area contributed by atoms with Gasteiger partial charge in [0.05, 0.1) is 12.2 Å². The number of fused-ring (bicyclic) bond motifs is 1. The van der Waals surface area contributed by atoms with Crippen molar-refractivity contribution < 1.29 is 14.2 Å². The average Bonchev–Trinajstić information content (AvgIpc) is 2.69. The molecule has 150 valence electrons. The minimum absolute atomic E-state index is 0.0741. The normalized spacial score (nSPS) is 28.0. The average molecular weight is 384 g/mol. The Kier molecular flexibility index (Phi) is 5.70. The van der Waals surface area contributed by atoms with Crippen LogP contribution >= 0.6 is 0 Å². The van der Waals surface area contributed by atoms with E-state index >= 15 is 0 Å². The summed E-state index contributed by atoms with van der Waals surface area (Å²) in [4.78, 5) is 2.41. The molecule has 3 nitrogen and oxygen atoms in total. The number of hydrogen-bond donors (Lipinski definition) is 1. The van der Waals surface area contributed by atoms with Crippen molar-refractivity contribution in [2.45, 2.75) is 57.2 Å². The van der Waals surface area contributed by atoms with Crippen LogP contribution in [0.3, 0.4) is 0 Å². The highest BCUT2D eigenvalue weighted by Gasteiger charge is 2.49. The fraction of sp³-hybridized carbons (Fsp3) is 0.500. The molecule has 0 aromatic heterocycles. The first-order valence-electron chi connectivity index (χ1n) is 10.5. The fourth-order valence-electron chi connectivity index (χ4n) is 5.21. The van der Waals surface area contributed by atoms with Crippen LogP contribution in [0, 0.1) is 11.7 Å². The predicted molar refractivity (Wildman–Crippen MR) is 109 cm³/mol. The number of rotatable bonds is 5. The van der Waals surface area contributed by atoms with Crippen LogP contribution in [-0.2, 0) is 6.54 Å². The minimum Gasteiger partial charge on any atom is -0.494 e. The van der Waals surface area contributed by atoms with Crippen LogP contribution in [0.1, 0.15) is 56.2 Å². The molecular weight excluding hydrogens is 353 g/mol. The van der Waals surface area contributed by atoms with Gasteiger partial charge >= 0.3 is 0 Å². The summed E-state index contributed by atoms with van der Waals surface area (Å²) in [5, 5.41) is 11.4. The zero-order valence-corrected chi connectivity index (χ0v) is 16.6.